The van der Waals surface area contributed by atoms with Gasteiger partial charge < -0.3 is 4.74 Å². The van der Waals surface area contributed by atoms with Gasteiger partial charge in [-0.05, 0) is 30.9 Å². The third kappa shape index (κ3) is 3.96. The van der Waals surface area contributed by atoms with Crippen LogP contribution in [-0.2, 0) is 16.4 Å². The molecule has 0 saturated heterocycles. The van der Waals surface area contributed by atoms with Crippen molar-refractivity contribution >= 4 is 10.0 Å². The molecule has 1 aromatic rings. The standard InChI is InChI=1S/C15H23NO3S/c1-2-13-7-3-4-8-14(13)19-11-15(9-5-6-10-15)12-20(16,17)18/h3-4,7-8H,2,5-6,9-12H2,1H3,(H2,16,17,18). The highest BCUT2D eigenvalue weighted by Crippen LogP contribution is 2.39. The molecular formula is C15H23NO3S. The van der Waals surface area contributed by atoms with E-state index in [1.807, 2.05) is 24.3 Å². The van der Waals surface area contributed by atoms with Crippen molar-refractivity contribution in [3.05, 3.63) is 29.8 Å². The third-order valence-corrected chi connectivity index (χ3v) is 5.07. The van der Waals surface area contributed by atoms with Crippen molar-refractivity contribution in [2.75, 3.05) is 12.4 Å². The molecule has 1 aliphatic carbocycles. The summed E-state index contributed by atoms with van der Waals surface area (Å²) in [5.74, 6) is 0.879. The molecule has 112 valence electrons. The topological polar surface area (TPSA) is 69.4 Å². The van der Waals surface area contributed by atoms with E-state index >= 15 is 0 Å². The van der Waals surface area contributed by atoms with Crippen LogP contribution in [0.4, 0.5) is 0 Å². The van der Waals surface area contributed by atoms with E-state index < -0.39 is 10.0 Å². The van der Waals surface area contributed by atoms with Crippen molar-refractivity contribution in [3.8, 4) is 5.75 Å². The monoisotopic (exact) mass is 297 g/mol. The maximum absolute atomic E-state index is 11.4. The van der Waals surface area contributed by atoms with Crippen LogP contribution in [0.3, 0.4) is 0 Å². The average Bonchev–Trinajstić information content (AvgIpc) is 2.83. The molecule has 20 heavy (non-hydrogen) atoms. The lowest BCUT2D eigenvalue weighted by atomic mass is 9.90. The SMILES string of the molecule is CCc1ccccc1OCC1(CS(N)(=O)=O)CCCC1. The minimum absolute atomic E-state index is 0.0221. The lowest BCUT2D eigenvalue weighted by Gasteiger charge is -2.28. The molecule has 2 rings (SSSR count). The predicted molar refractivity (Wildman–Crippen MR) is 80.2 cm³/mol. The highest BCUT2D eigenvalue weighted by Gasteiger charge is 2.38. The summed E-state index contributed by atoms with van der Waals surface area (Å²) in [4.78, 5) is 0. The number of nitrogens with two attached hydrogens (primary N) is 1. The molecule has 0 heterocycles. The van der Waals surface area contributed by atoms with Crippen molar-refractivity contribution in [2.24, 2.45) is 10.6 Å². The molecule has 0 bridgehead atoms. The Morgan fingerprint density at radius 2 is 1.90 bits per heavy atom. The Morgan fingerprint density at radius 1 is 1.25 bits per heavy atom. The molecule has 0 atom stereocenters. The van der Waals surface area contributed by atoms with Gasteiger partial charge in [0.25, 0.3) is 0 Å². The van der Waals surface area contributed by atoms with Gasteiger partial charge in [0.1, 0.15) is 5.75 Å². The van der Waals surface area contributed by atoms with Gasteiger partial charge in [0.15, 0.2) is 0 Å². The summed E-state index contributed by atoms with van der Waals surface area (Å²) in [6.45, 7) is 2.51. The fourth-order valence-corrected chi connectivity index (χ4v) is 4.28. The van der Waals surface area contributed by atoms with E-state index in [9.17, 15) is 8.42 Å². The fourth-order valence-electron chi connectivity index (χ4n) is 3.05. The molecule has 0 aromatic heterocycles. The van der Waals surface area contributed by atoms with Crippen LogP contribution in [-0.4, -0.2) is 20.8 Å². The van der Waals surface area contributed by atoms with E-state index in [4.69, 9.17) is 9.88 Å². The minimum atomic E-state index is -3.47. The summed E-state index contributed by atoms with van der Waals surface area (Å²) < 4.78 is 28.8. The van der Waals surface area contributed by atoms with Crippen LogP contribution in [0.1, 0.15) is 38.2 Å². The van der Waals surface area contributed by atoms with Crippen LogP contribution in [0, 0.1) is 5.41 Å². The normalized spacial score (nSPS) is 18.1. The van der Waals surface area contributed by atoms with Crippen LogP contribution < -0.4 is 9.88 Å². The second kappa shape index (κ2) is 6.14. The molecule has 1 aromatic carbocycles. The zero-order chi connectivity index (χ0) is 14.6. The Balaban J connectivity index is 2.10. The van der Waals surface area contributed by atoms with Crippen molar-refractivity contribution in [2.45, 2.75) is 39.0 Å². The molecule has 2 N–H and O–H groups in total. The zero-order valence-electron chi connectivity index (χ0n) is 12.0. The van der Waals surface area contributed by atoms with Gasteiger partial charge >= 0.3 is 0 Å². The first-order chi connectivity index (χ1) is 9.44. The van der Waals surface area contributed by atoms with Gasteiger partial charge in [0.2, 0.25) is 10.0 Å². The Labute approximate surface area is 121 Å². The van der Waals surface area contributed by atoms with E-state index in [0.717, 1.165) is 43.4 Å². The van der Waals surface area contributed by atoms with E-state index in [-0.39, 0.29) is 11.2 Å². The van der Waals surface area contributed by atoms with Crippen LogP contribution >= 0.6 is 0 Å². The summed E-state index contributed by atoms with van der Waals surface area (Å²) in [5.41, 5.74) is 0.838. The minimum Gasteiger partial charge on any atom is -0.493 e. The fraction of sp³-hybridized carbons (Fsp3) is 0.600. The molecule has 0 unspecified atom stereocenters. The lowest BCUT2D eigenvalue weighted by Crippen LogP contribution is -2.36. The number of rotatable bonds is 6. The Hall–Kier alpha value is -1.07. The van der Waals surface area contributed by atoms with E-state index in [2.05, 4.69) is 6.92 Å². The highest BCUT2D eigenvalue weighted by molar-refractivity contribution is 7.89. The number of primary sulfonamides is 1. The van der Waals surface area contributed by atoms with Gasteiger partial charge in [-0.1, -0.05) is 38.0 Å². The molecule has 0 spiro atoms. The molecule has 0 amide bonds. The summed E-state index contributed by atoms with van der Waals surface area (Å²) in [6, 6.07) is 7.91. The summed E-state index contributed by atoms with van der Waals surface area (Å²) in [7, 11) is -3.47. The van der Waals surface area contributed by atoms with Gasteiger partial charge in [-0.15, -0.1) is 0 Å². The maximum atomic E-state index is 11.4. The van der Waals surface area contributed by atoms with Crippen molar-refractivity contribution in [3.63, 3.8) is 0 Å². The summed E-state index contributed by atoms with van der Waals surface area (Å²) in [6.07, 6.45) is 4.75. The van der Waals surface area contributed by atoms with Gasteiger partial charge in [0.05, 0.1) is 12.4 Å². The third-order valence-electron chi connectivity index (χ3n) is 4.06. The number of ether oxygens (including phenoxy) is 1. The molecule has 5 heteroatoms. The Kier molecular flexibility index (Phi) is 4.70. The maximum Gasteiger partial charge on any atom is 0.209 e. The van der Waals surface area contributed by atoms with E-state index in [0.29, 0.717) is 6.61 Å². The predicted octanol–water partition coefficient (Wildman–Crippen LogP) is 2.48. The Morgan fingerprint density at radius 3 is 2.50 bits per heavy atom. The Bertz CT molecular complexity index is 548. The summed E-state index contributed by atoms with van der Waals surface area (Å²) >= 11 is 0. The first-order valence-corrected chi connectivity index (χ1v) is 8.87. The smallest absolute Gasteiger partial charge is 0.209 e. The van der Waals surface area contributed by atoms with Crippen LogP contribution in [0.2, 0.25) is 0 Å². The second-order valence-electron chi connectivity index (χ2n) is 5.76. The number of benzene rings is 1. The van der Waals surface area contributed by atoms with Gasteiger partial charge in [-0.25, -0.2) is 13.6 Å². The molecule has 1 saturated carbocycles. The number of sulfonamides is 1. The average molecular weight is 297 g/mol. The first kappa shape index (κ1) is 15.3. The number of hydrogen-bond acceptors (Lipinski definition) is 3. The van der Waals surface area contributed by atoms with E-state index in [1.54, 1.807) is 0 Å². The number of hydrogen-bond donors (Lipinski definition) is 1. The molecule has 0 radical (unpaired) electrons. The molecule has 1 fully saturated rings. The second-order valence-corrected chi connectivity index (χ2v) is 7.38. The number of aryl methyl sites for hydroxylation is 1. The molecular weight excluding hydrogens is 274 g/mol. The van der Waals surface area contributed by atoms with Crippen molar-refractivity contribution in [1.82, 2.24) is 0 Å². The van der Waals surface area contributed by atoms with Crippen LogP contribution in [0.15, 0.2) is 24.3 Å². The van der Waals surface area contributed by atoms with Crippen LogP contribution in [0.25, 0.3) is 0 Å². The quantitative estimate of drug-likeness (QED) is 0.877. The van der Waals surface area contributed by atoms with Crippen LogP contribution in [0.5, 0.6) is 5.75 Å². The highest BCUT2D eigenvalue weighted by atomic mass is 32.2. The molecule has 1 aliphatic rings. The van der Waals surface area contributed by atoms with Crippen molar-refractivity contribution < 1.29 is 13.2 Å². The first-order valence-electron chi connectivity index (χ1n) is 7.15. The van der Waals surface area contributed by atoms with E-state index in [1.165, 1.54) is 0 Å². The largest absolute Gasteiger partial charge is 0.493 e. The van der Waals surface area contributed by atoms with Gasteiger partial charge in [-0.2, -0.15) is 0 Å². The summed E-state index contributed by atoms with van der Waals surface area (Å²) in [5, 5.41) is 5.24. The zero-order valence-corrected chi connectivity index (χ0v) is 12.8. The van der Waals surface area contributed by atoms with Crippen molar-refractivity contribution in [1.29, 1.82) is 0 Å². The van der Waals surface area contributed by atoms with Gasteiger partial charge in [-0.3, -0.25) is 0 Å². The van der Waals surface area contributed by atoms with Gasteiger partial charge in [0, 0.05) is 5.41 Å². The molecule has 0 aliphatic heterocycles. The number of para-hydroxylation sites is 1. The molecule has 4 nitrogen and oxygen atoms in total. The lowest BCUT2D eigenvalue weighted by molar-refractivity contribution is 0.169.